The van der Waals surface area contributed by atoms with Gasteiger partial charge >= 0.3 is 0 Å². The van der Waals surface area contributed by atoms with E-state index in [1.165, 1.54) is 10.9 Å². The van der Waals surface area contributed by atoms with Crippen molar-refractivity contribution in [2.75, 3.05) is 31.1 Å². The Morgan fingerprint density at radius 3 is 2.86 bits per heavy atom. The number of guanidine groups is 1. The molecule has 2 heterocycles. The first-order valence-electron chi connectivity index (χ1n) is 7.51. The van der Waals surface area contributed by atoms with Crippen LogP contribution in [0.25, 0.3) is 10.9 Å². The monoisotopic (exact) mass is 302 g/mol. The molecule has 5 heteroatoms. The number of aromatic nitrogens is 1. The third-order valence-corrected chi connectivity index (χ3v) is 4.79. The number of para-hydroxylation sites is 1. The van der Waals surface area contributed by atoms with Crippen LogP contribution in [0.4, 0.5) is 0 Å². The summed E-state index contributed by atoms with van der Waals surface area (Å²) < 4.78 is 2.29. The lowest BCUT2D eigenvalue weighted by molar-refractivity contribution is 0.455. The Kier molecular flexibility index (Phi) is 4.70. The first-order chi connectivity index (χ1) is 10.3. The maximum absolute atomic E-state index is 6.06. The summed E-state index contributed by atoms with van der Waals surface area (Å²) in [5.74, 6) is 3.03. The van der Waals surface area contributed by atoms with E-state index < -0.39 is 0 Å². The highest BCUT2D eigenvalue weighted by atomic mass is 32.2. The number of thioether (sulfide) groups is 1. The van der Waals surface area contributed by atoms with Crippen molar-refractivity contribution in [2.45, 2.75) is 13.0 Å². The van der Waals surface area contributed by atoms with E-state index in [4.69, 9.17) is 5.73 Å². The lowest BCUT2D eigenvalue weighted by Crippen LogP contribution is -2.42. The van der Waals surface area contributed by atoms with Crippen molar-refractivity contribution in [3.8, 4) is 0 Å². The third-order valence-electron chi connectivity index (χ3n) is 3.85. The Hall–Kier alpha value is -1.62. The van der Waals surface area contributed by atoms with Gasteiger partial charge in [0.15, 0.2) is 5.96 Å². The predicted octanol–water partition coefficient (Wildman–Crippen LogP) is 2.39. The van der Waals surface area contributed by atoms with Crippen LogP contribution in [0.2, 0.25) is 0 Å². The number of benzene rings is 1. The van der Waals surface area contributed by atoms with Gasteiger partial charge in [0.1, 0.15) is 0 Å². The molecule has 1 aromatic heterocycles. The van der Waals surface area contributed by atoms with E-state index >= 15 is 0 Å². The number of nitrogens with two attached hydrogens (primary N) is 1. The number of hydrogen-bond donors (Lipinski definition) is 1. The molecule has 1 fully saturated rings. The van der Waals surface area contributed by atoms with Crippen LogP contribution in [-0.2, 0) is 6.54 Å². The van der Waals surface area contributed by atoms with Gasteiger partial charge in [-0.25, -0.2) is 0 Å². The zero-order chi connectivity index (χ0) is 14.5. The molecule has 0 atom stereocenters. The molecule has 0 saturated carbocycles. The van der Waals surface area contributed by atoms with Gasteiger partial charge in [-0.3, -0.25) is 4.99 Å². The van der Waals surface area contributed by atoms with Crippen LogP contribution in [0.1, 0.15) is 6.42 Å². The van der Waals surface area contributed by atoms with Crippen LogP contribution < -0.4 is 5.73 Å². The molecule has 21 heavy (non-hydrogen) atoms. The molecule has 0 aliphatic carbocycles. The highest BCUT2D eigenvalue weighted by molar-refractivity contribution is 7.99. The standard InChI is InChI=1S/C16H22N4S/c17-16(20-10-12-21-13-11-20)18-7-3-8-19-9-6-14-4-1-2-5-15(14)19/h1-2,4-6,9H,3,7-8,10-13H2,(H2,17,18). The summed E-state index contributed by atoms with van der Waals surface area (Å²) in [6.07, 6.45) is 3.17. The van der Waals surface area contributed by atoms with Gasteiger partial charge in [0.05, 0.1) is 0 Å². The van der Waals surface area contributed by atoms with Gasteiger partial charge in [-0.1, -0.05) is 18.2 Å². The Balaban J connectivity index is 1.51. The Labute approximate surface area is 130 Å². The van der Waals surface area contributed by atoms with Crippen molar-refractivity contribution in [1.29, 1.82) is 0 Å². The van der Waals surface area contributed by atoms with Gasteiger partial charge in [0, 0.05) is 49.4 Å². The summed E-state index contributed by atoms with van der Waals surface area (Å²) >= 11 is 1.99. The zero-order valence-electron chi connectivity index (χ0n) is 12.2. The second kappa shape index (κ2) is 6.89. The molecular formula is C16H22N4S. The minimum absolute atomic E-state index is 0.715. The largest absolute Gasteiger partial charge is 0.370 e. The van der Waals surface area contributed by atoms with Crippen molar-refractivity contribution in [3.05, 3.63) is 36.5 Å². The number of aliphatic imine (C=N–C) groups is 1. The molecule has 3 rings (SSSR count). The quantitative estimate of drug-likeness (QED) is 0.536. The summed E-state index contributed by atoms with van der Waals surface area (Å²) in [6.45, 7) is 3.84. The van der Waals surface area contributed by atoms with Crippen molar-refractivity contribution in [3.63, 3.8) is 0 Å². The molecule has 0 bridgehead atoms. The van der Waals surface area contributed by atoms with Gasteiger partial charge in [-0.2, -0.15) is 11.8 Å². The number of fused-ring (bicyclic) bond motifs is 1. The van der Waals surface area contributed by atoms with Gasteiger partial charge < -0.3 is 15.2 Å². The zero-order valence-corrected chi connectivity index (χ0v) is 13.1. The second-order valence-electron chi connectivity index (χ2n) is 5.26. The molecule has 1 aliphatic heterocycles. The van der Waals surface area contributed by atoms with E-state index in [1.807, 2.05) is 11.8 Å². The van der Waals surface area contributed by atoms with E-state index in [0.29, 0.717) is 5.96 Å². The molecule has 4 nitrogen and oxygen atoms in total. The molecule has 2 aromatic rings. The first-order valence-corrected chi connectivity index (χ1v) is 8.66. The SMILES string of the molecule is NC(=NCCCn1ccc2ccccc21)N1CCSCC1. The molecule has 2 N–H and O–H groups in total. The van der Waals surface area contributed by atoms with Crippen molar-refractivity contribution in [1.82, 2.24) is 9.47 Å². The summed E-state index contributed by atoms with van der Waals surface area (Å²) in [5, 5.41) is 1.30. The molecule has 0 amide bonds. The van der Waals surface area contributed by atoms with Crippen LogP contribution in [0.3, 0.4) is 0 Å². The molecular weight excluding hydrogens is 280 g/mol. The summed E-state index contributed by atoms with van der Waals surface area (Å²) in [6, 6.07) is 10.6. The maximum Gasteiger partial charge on any atom is 0.191 e. The van der Waals surface area contributed by atoms with Crippen LogP contribution in [0.5, 0.6) is 0 Å². The van der Waals surface area contributed by atoms with Crippen LogP contribution in [0, 0.1) is 0 Å². The third kappa shape index (κ3) is 3.53. The number of nitrogens with zero attached hydrogens (tertiary/aromatic N) is 3. The van der Waals surface area contributed by atoms with E-state index in [-0.39, 0.29) is 0 Å². The Morgan fingerprint density at radius 2 is 2.00 bits per heavy atom. The van der Waals surface area contributed by atoms with Gasteiger partial charge in [-0.05, 0) is 23.9 Å². The van der Waals surface area contributed by atoms with Crippen molar-refractivity contribution in [2.24, 2.45) is 10.7 Å². The fraction of sp³-hybridized carbons (Fsp3) is 0.438. The number of hydrogen-bond acceptors (Lipinski definition) is 2. The van der Waals surface area contributed by atoms with Crippen LogP contribution >= 0.6 is 11.8 Å². The maximum atomic E-state index is 6.06. The average molecular weight is 302 g/mol. The van der Waals surface area contributed by atoms with Gasteiger partial charge in [0.25, 0.3) is 0 Å². The molecule has 1 aliphatic rings. The summed E-state index contributed by atoms with van der Waals surface area (Å²) in [4.78, 5) is 6.72. The van der Waals surface area contributed by atoms with Crippen LogP contribution in [0.15, 0.2) is 41.5 Å². The second-order valence-corrected chi connectivity index (χ2v) is 6.49. The van der Waals surface area contributed by atoms with Crippen LogP contribution in [-0.4, -0.2) is 46.6 Å². The lowest BCUT2D eigenvalue weighted by atomic mass is 10.2. The summed E-state index contributed by atoms with van der Waals surface area (Å²) in [7, 11) is 0. The Bertz CT molecular complexity index is 614. The van der Waals surface area contributed by atoms with E-state index in [0.717, 1.165) is 44.1 Å². The number of rotatable bonds is 4. The minimum atomic E-state index is 0.715. The van der Waals surface area contributed by atoms with E-state index in [1.54, 1.807) is 0 Å². The highest BCUT2D eigenvalue weighted by Gasteiger charge is 2.11. The highest BCUT2D eigenvalue weighted by Crippen LogP contribution is 2.15. The van der Waals surface area contributed by atoms with Gasteiger partial charge in [0.2, 0.25) is 0 Å². The number of aryl methyl sites for hydroxylation is 1. The fourth-order valence-electron chi connectivity index (χ4n) is 2.66. The molecule has 1 aromatic carbocycles. The molecule has 0 radical (unpaired) electrons. The summed E-state index contributed by atoms with van der Waals surface area (Å²) in [5.41, 5.74) is 7.35. The smallest absolute Gasteiger partial charge is 0.191 e. The van der Waals surface area contributed by atoms with Crippen molar-refractivity contribution >= 4 is 28.6 Å². The predicted molar refractivity (Wildman–Crippen MR) is 91.9 cm³/mol. The molecule has 1 saturated heterocycles. The van der Waals surface area contributed by atoms with Crippen molar-refractivity contribution < 1.29 is 0 Å². The average Bonchev–Trinajstić information content (AvgIpc) is 2.95. The van der Waals surface area contributed by atoms with E-state index in [2.05, 4.69) is 51.0 Å². The lowest BCUT2D eigenvalue weighted by Gasteiger charge is -2.27. The molecule has 0 spiro atoms. The normalized spacial score (nSPS) is 16.6. The topological polar surface area (TPSA) is 46.5 Å². The Morgan fingerprint density at radius 1 is 1.19 bits per heavy atom. The molecule has 0 unspecified atom stereocenters. The van der Waals surface area contributed by atoms with Gasteiger partial charge in [-0.15, -0.1) is 0 Å². The first kappa shape index (κ1) is 14.3. The molecule has 112 valence electrons. The fourth-order valence-corrected chi connectivity index (χ4v) is 3.57. The minimum Gasteiger partial charge on any atom is -0.370 e. The van der Waals surface area contributed by atoms with E-state index in [9.17, 15) is 0 Å².